The zero-order chi connectivity index (χ0) is 17.8. The maximum Gasteiger partial charge on any atom is 0.267 e. The van der Waals surface area contributed by atoms with E-state index in [1.165, 1.54) is 0 Å². The summed E-state index contributed by atoms with van der Waals surface area (Å²) in [5.74, 6) is -0.292. The summed E-state index contributed by atoms with van der Waals surface area (Å²) in [5, 5.41) is 23.5. The Balaban J connectivity index is 1.81. The largest absolute Gasteiger partial charge is 0.507 e. The number of anilines is 1. The molecule has 2 aromatic carbocycles. The van der Waals surface area contributed by atoms with E-state index in [1.807, 2.05) is 17.0 Å². The SMILES string of the molecule is CN1CCN(/C=C(/C#N)C(=O)Nc2cccc3c(O)cccc23)CC1. The lowest BCUT2D eigenvalue weighted by Crippen LogP contribution is -2.42. The lowest BCUT2D eigenvalue weighted by atomic mass is 10.1. The van der Waals surface area contributed by atoms with E-state index >= 15 is 0 Å². The highest BCUT2D eigenvalue weighted by Crippen LogP contribution is 2.29. The van der Waals surface area contributed by atoms with Crippen molar-refractivity contribution in [3.63, 3.8) is 0 Å². The normalized spacial score (nSPS) is 15.8. The molecule has 0 spiro atoms. The molecule has 1 saturated heterocycles. The van der Waals surface area contributed by atoms with Crippen molar-refractivity contribution in [1.29, 1.82) is 5.26 Å². The number of phenolic OH excluding ortho intramolecular Hbond substituents is 1. The predicted molar refractivity (Wildman–Crippen MR) is 97.0 cm³/mol. The van der Waals surface area contributed by atoms with Crippen molar-refractivity contribution in [3.05, 3.63) is 48.2 Å². The average Bonchev–Trinajstić information content (AvgIpc) is 2.62. The predicted octanol–water partition coefficient (Wildman–Crippen LogP) is 2.14. The van der Waals surface area contributed by atoms with Gasteiger partial charge in [0, 0.05) is 48.8 Å². The number of carbonyl (C=O) groups is 1. The number of carbonyl (C=O) groups excluding carboxylic acids is 1. The number of phenols is 1. The minimum absolute atomic E-state index is 0.0710. The van der Waals surface area contributed by atoms with Gasteiger partial charge in [0.05, 0.1) is 0 Å². The van der Waals surface area contributed by atoms with E-state index in [9.17, 15) is 15.2 Å². The number of nitrogens with one attached hydrogen (secondary N) is 1. The van der Waals surface area contributed by atoms with Crippen molar-refractivity contribution < 1.29 is 9.90 Å². The van der Waals surface area contributed by atoms with E-state index in [0.717, 1.165) is 31.6 Å². The van der Waals surface area contributed by atoms with Crippen LogP contribution in [0.15, 0.2) is 48.2 Å². The molecule has 6 heteroatoms. The first-order valence-corrected chi connectivity index (χ1v) is 8.15. The highest BCUT2D eigenvalue weighted by Gasteiger charge is 2.16. The van der Waals surface area contributed by atoms with E-state index in [1.54, 1.807) is 36.5 Å². The molecule has 0 aliphatic carbocycles. The number of benzene rings is 2. The van der Waals surface area contributed by atoms with Gasteiger partial charge < -0.3 is 20.2 Å². The molecular weight excluding hydrogens is 316 g/mol. The van der Waals surface area contributed by atoms with Crippen molar-refractivity contribution in [2.24, 2.45) is 0 Å². The first-order chi connectivity index (χ1) is 12.1. The molecule has 1 aliphatic heterocycles. The average molecular weight is 336 g/mol. The molecular formula is C19H20N4O2. The molecule has 0 aromatic heterocycles. The fraction of sp³-hybridized carbons (Fsp3) is 0.263. The first-order valence-electron chi connectivity index (χ1n) is 8.15. The van der Waals surface area contributed by atoms with Gasteiger partial charge in [0.15, 0.2) is 0 Å². The minimum Gasteiger partial charge on any atom is -0.507 e. The van der Waals surface area contributed by atoms with E-state index in [4.69, 9.17) is 0 Å². The van der Waals surface area contributed by atoms with Crippen LogP contribution < -0.4 is 5.32 Å². The molecule has 1 aliphatic rings. The van der Waals surface area contributed by atoms with Gasteiger partial charge in [0.2, 0.25) is 0 Å². The molecule has 0 saturated carbocycles. The van der Waals surface area contributed by atoms with Crippen LogP contribution in [0.4, 0.5) is 5.69 Å². The topological polar surface area (TPSA) is 79.6 Å². The highest BCUT2D eigenvalue weighted by molar-refractivity contribution is 6.11. The number of hydrogen-bond acceptors (Lipinski definition) is 5. The smallest absolute Gasteiger partial charge is 0.267 e. The molecule has 1 heterocycles. The van der Waals surface area contributed by atoms with Crippen LogP contribution in [0.25, 0.3) is 10.8 Å². The van der Waals surface area contributed by atoms with Gasteiger partial charge in [-0.05, 0) is 19.2 Å². The van der Waals surface area contributed by atoms with Gasteiger partial charge in [0.1, 0.15) is 17.4 Å². The molecule has 6 nitrogen and oxygen atoms in total. The molecule has 1 fully saturated rings. The van der Waals surface area contributed by atoms with Crippen LogP contribution >= 0.6 is 0 Å². The minimum atomic E-state index is -0.447. The third kappa shape index (κ3) is 3.73. The molecule has 3 rings (SSSR count). The number of fused-ring (bicyclic) bond motifs is 1. The number of nitriles is 1. The first kappa shape index (κ1) is 16.8. The van der Waals surface area contributed by atoms with Gasteiger partial charge in [-0.1, -0.05) is 24.3 Å². The van der Waals surface area contributed by atoms with Crippen molar-refractivity contribution >= 4 is 22.4 Å². The zero-order valence-electron chi connectivity index (χ0n) is 14.1. The Labute approximate surface area is 146 Å². The number of aromatic hydroxyl groups is 1. The fourth-order valence-electron chi connectivity index (χ4n) is 2.86. The van der Waals surface area contributed by atoms with Gasteiger partial charge in [-0.3, -0.25) is 4.79 Å². The van der Waals surface area contributed by atoms with Crippen LogP contribution in [-0.2, 0) is 4.79 Å². The summed E-state index contributed by atoms with van der Waals surface area (Å²) in [6.45, 7) is 3.38. The summed E-state index contributed by atoms with van der Waals surface area (Å²) in [4.78, 5) is 16.7. The summed E-state index contributed by atoms with van der Waals surface area (Å²) < 4.78 is 0. The third-order valence-corrected chi connectivity index (χ3v) is 4.36. The Kier molecular flexibility index (Phi) is 4.87. The van der Waals surface area contributed by atoms with Crippen LogP contribution in [0.3, 0.4) is 0 Å². The lowest BCUT2D eigenvalue weighted by molar-refractivity contribution is -0.112. The number of nitrogens with zero attached hydrogens (tertiary/aromatic N) is 3. The van der Waals surface area contributed by atoms with Crippen molar-refractivity contribution in [2.45, 2.75) is 0 Å². The summed E-state index contributed by atoms with van der Waals surface area (Å²) in [7, 11) is 2.05. The van der Waals surface area contributed by atoms with Crippen LogP contribution in [0.2, 0.25) is 0 Å². The van der Waals surface area contributed by atoms with Crippen molar-refractivity contribution in [1.82, 2.24) is 9.80 Å². The van der Waals surface area contributed by atoms with Gasteiger partial charge in [-0.25, -0.2) is 0 Å². The number of amides is 1. The summed E-state index contributed by atoms with van der Waals surface area (Å²) in [6.07, 6.45) is 1.63. The molecule has 1 amide bonds. The summed E-state index contributed by atoms with van der Waals surface area (Å²) >= 11 is 0. The standard InChI is InChI=1S/C19H20N4O2/c1-22-8-10-23(11-9-22)13-14(12-20)19(25)21-17-6-2-5-16-15(17)4-3-7-18(16)24/h2-7,13,24H,8-11H2,1H3,(H,21,25)/b14-13-. The molecule has 0 unspecified atom stereocenters. The Morgan fingerprint density at radius 1 is 1.16 bits per heavy atom. The van der Waals surface area contributed by atoms with Crippen molar-refractivity contribution in [3.8, 4) is 11.8 Å². The number of rotatable bonds is 3. The second-order valence-corrected chi connectivity index (χ2v) is 6.13. The zero-order valence-corrected chi connectivity index (χ0v) is 14.1. The quantitative estimate of drug-likeness (QED) is 0.663. The molecule has 0 radical (unpaired) electrons. The van der Waals surface area contributed by atoms with Gasteiger partial charge in [-0.15, -0.1) is 0 Å². The third-order valence-electron chi connectivity index (χ3n) is 4.36. The van der Waals surface area contributed by atoms with E-state index in [0.29, 0.717) is 11.1 Å². The van der Waals surface area contributed by atoms with Crippen LogP contribution in [0.5, 0.6) is 5.75 Å². The molecule has 128 valence electrons. The summed E-state index contributed by atoms with van der Waals surface area (Å²) in [6, 6.07) is 12.4. The van der Waals surface area contributed by atoms with Crippen molar-refractivity contribution in [2.75, 3.05) is 38.5 Å². The van der Waals surface area contributed by atoms with E-state index < -0.39 is 5.91 Å². The maximum atomic E-state index is 12.5. The van der Waals surface area contributed by atoms with Gasteiger partial charge in [-0.2, -0.15) is 5.26 Å². The molecule has 2 N–H and O–H groups in total. The lowest BCUT2D eigenvalue weighted by Gasteiger charge is -2.31. The molecule has 0 bridgehead atoms. The molecule has 2 aromatic rings. The fourth-order valence-corrected chi connectivity index (χ4v) is 2.86. The second-order valence-electron chi connectivity index (χ2n) is 6.13. The van der Waals surface area contributed by atoms with Crippen LogP contribution in [0.1, 0.15) is 0 Å². The number of piperazine rings is 1. The maximum absolute atomic E-state index is 12.5. The van der Waals surface area contributed by atoms with Gasteiger partial charge >= 0.3 is 0 Å². The monoisotopic (exact) mass is 336 g/mol. The van der Waals surface area contributed by atoms with Crippen LogP contribution in [0, 0.1) is 11.3 Å². The Bertz CT molecular complexity index is 861. The number of hydrogen-bond donors (Lipinski definition) is 2. The highest BCUT2D eigenvalue weighted by atomic mass is 16.3. The number of likely N-dealkylation sites (N-methyl/N-ethyl adjacent to an activating group) is 1. The van der Waals surface area contributed by atoms with E-state index in [2.05, 4.69) is 17.3 Å². The molecule has 25 heavy (non-hydrogen) atoms. The van der Waals surface area contributed by atoms with Crippen LogP contribution in [-0.4, -0.2) is 54.0 Å². The summed E-state index contributed by atoms with van der Waals surface area (Å²) in [5.41, 5.74) is 0.639. The van der Waals surface area contributed by atoms with E-state index in [-0.39, 0.29) is 11.3 Å². The van der Waals surface area contributed by atoms with Gasteiger partial charge in [0.25, 0.3) is 5.91 Å². The Hall–Kier alpha value is -3.04. The second kappa shape index (κ2) is 7.24. The molecule has 0 atom stereocenters. The Morgan fingerprint density at radius 3 is 2.56 bits per heavy atom. The Morgan fingerprint density at radius 2 is 1.84 bits per heavy atom.